The molecule has 0 unspecified atom stereocenters. The first kappa shape index (κ1) is 19.8. The van der Waals surface area contributed by atoms with Crippen LogP contribution in [0, 0.1) is 0 Å². The summed E-state index contributed by atoms with van der Waals surface area (Å²) in [6.07, 6.45) is -0.885. The second-order valence-corrected chi connectivity index (χ2v) is 8.34. The summed E-state index contributed by atoms with van der Waals surface area (Å²) in [5.74, 6) is -0.0147. The first-order valence-corrected chi connectivity index (χ1v) is 9.60. The number of carbonyl (C=O) groups is 1. The van der Waals surface area contributed by atoms with Crippen molar-refractivity contribution < 1.29 is 18.0 Å². The van der Waals surface area contributed by atoms with Crippen molar-refractivity contribution in [2.45, 2.75) is 44.9 Å². The number of amides is 1. The molecule has 8 heteroatoms. The average Bonchev–Trinajstić information content (AvgIpc) is 3.04. The fourth-order valence-corrected chi connectivity index (χ4v) is 4.27. The van der Waals surface area contributed by atoms with Gasteiger partial charge in [0, 0.05) is 48.7 Å². The molecule has 0 atom stereocenters. The maximum absolute atomic E-state index is 12.9. The van der Waals surface area contributed by atoms with Gasteiger partial charge in [0.25, 0.3) is 0 Å². The van der Waals surface area contributed by atoms with Gasteiger partial charge in [0.05, 0.1) is 5.56 Å². The van der Waals surface area contributed by atoms with Crippen LogP contribution in [0.4, 0.5) is 13.2 Å². The number of hydrogen-bond acceptors (Lipinski definition) is 4. The van der Waals surface area contributed by atoms with Gasteiger partial charge in [0.15, 0.2) is 0 Å². The van der Waals surface area contributed by atoms with Gasteiger partial charge >= 0.3 is 6.18 Å². The smallest absolute Gasteiger partial charge is 0.351 e. The molecule has 1 amide bonds. The second kappa shape index (κ2) is 7.59. The Kier molecular flexibility index (Phi) is 5.58. The van der Waals surface area contributed by atoms with Crippen LogP contribution in [0.15, 0.2) is 30.5 Å². The van der Waals surface area contributed by atoms with Gasteiger partial charge in [-0.15, -0.1) is 11.3 Å². The lowest BCUT2D eigenvalue weighted by Gasteiger charge is -2.39. The van der Waals surface area contributed by atoms with Crippen molar-refractivity contribution >= 4 is 17.2 Å². The minimum Gasteiger partial charge on any atom is -0.351 e. The van der Waals surface area contributed by atoms with Crippen LogP contribution in [-0.4, -0.2) is 34.4 Å². The van der Waals surface area contributed by atoms with E-state index in [9.17, 15) is 18.0 Å². The minimum absolute atomic E-state index is 0.0147. The third-order valence-electron chi connectivity index (χ3n) is 4.81. The molecule has 146 valence electrons. The van der Waals surface area contributed by atoms with Crippen molar-refractivity contribution in [3.05, 3.63) is 40.9 Å². The number of halogens is 3. The highest BCUT2D eigenvalue weighted by Gasteiger charge is 2.31. The van der Waals surface area contributed by atoms with Gasteiger partial charge in [-0.2, -0.15) is 13.2 Å². The molecule has 4 nitrogen and oxygen atoms in total. The highest BCUT2D eigenvalue weighted by Crippen LogP contribution is 2.34. The molecule has 27 heavy (non-hydrogen) atoms. The Morgan fingerprint density at radius 3 is 2.67 bits per heavy atom. The topological polar surface area (TPSA) is 45.2 Å². The monoisotopic (exact) mass is 397 g/mol. The maximum Gasteiger partial charge on any atom is 0.416 e. The first-order chi connectivity index (χ1) is 12.6. The lowest BCUT2D eigenvalue weighted by Crippen LogP contribution is -2.52. The van der Waals surface area contributed by atoms with Gasteiger partial charge < -0.3 is 5.32 Å². The van der Waals surface area contributed by atoms with Crippen LogP contribution in [-0.2, 0) is 17.5 Å². The third-order valence-corrected chi connectivity index (χ3v) is 5.84. The lowest BCUT2D eigenvalue weighted by molar-refractivity contribution is -0.137. The van der Waals surface area contributed by atoms with E-state index < -0.39 is 11.7 Å². The van der Waals surface area contributed by atoms with E-state index in [0.29, 0.717) is 17.1 Å². The number of rotatable bonds is 4. The molecule has 0 saturated carbocycles. The van der Waals surface area contributed by atoms with Gasteiger partial charge in [-0.3, -0.25) is 9.69 Å². The zero-order valence-corrected chi connectivity index (χ0v) is 16.1. The summed E-state index contributed by atoms with van der Waals surface area (Å²) >= 11 is 1.42. The van der Waals surface area contributed by atoms with E-state index >= 15 is 0 Å². The Morgan fingerprint density at radius 2 is 2.04 bits per heavy atom. The number of carbonyl (C=O) groups excluding carboxylic acids is 1. The normalized spacial score (nSPS) is 17.7. The van der Waals surface area contributed by atoms with E-state index in [0.717, 1.165) is 42.9 Å². The predicted molar refractivity (Wildman–Crippen MR) is 99.3 cm³/mol. The molecule has 0 spiro atoms. The Balaban J connectivity index is 1.63. The zero-order chi connectivity index (χ0) is 19.7. The molecule has 1 aromatic carbocycles. The number of hydrogen-bond donors (Lipinski definition) is 1. The molecule has 1 aliphatic rings. The molecule has 1 aromatic heterocycles. The number of piperidine rings is 1. The molecule has 1 fully saturated rings. The summed E-state index contributed by atoms with van der Waals surface area (Å²) in [6.45, 7) is 6.02. The van der Waals surface area contributed by atoms with Gasteiger partial charge in [0.1, 0.15) is 5.01 Å². The predicted octanol–water partition coefficient (Wildman–Crippen LogP) is 4.32. The Labute approximate surface area is 160 Å². The van der Waals surface area contributed by atoms with Crippen LogP contribution in [0.25, 0.3) is 10.6 Å². The molecular weight excluding hydrogens is 375 g/mol. The summed E-state index contributed by atoms with van der Waals surface area (Å²) in [4.78, 5) is 18.9. The average molecular weight is 397 g/mol. The van der Waals surface area contributed by atoms with Crippen molar-refractivity contribution in [2.75, 3.05) is 13.1 Å². The standard InChI is InChI=1S/C19H22F3N3OS/c1-13(26)24-18(2)6-8-25(9-7-18)12-16-11-23-17(27-16)14-4-3-5-15(10-14)19(20,21)22/h3-5,10-11H,6-9,12H2,1-2H3,(H,24,26). The molecule has 0 aliphatic carbocycles. The number of aromatic nitrogens is 1. The van der Waals surface area contributed by atoms with Gasteiger partial charge in [-0.05, 0) is 31.9 Å². The van der Waals surface area contributed by atoms with E-state index in [1.54, 1.807) is 12.3 Å². The van der Waals surface area contributed by atoms with E-state index in [-0.39, 0.29) is 11.4 Å². The molecule has 1 saturated heterocycles. The molecule has 2 aromatic rings. The molecule has 3 rings (SSSR count). The van der Waals surface area contributed by atoms with Gasteiger partial charge in [0.2, 0.25) is 5.91 Å². The van der Waals surface area contributed by atoms with Crippen LogP contribution < -0.4 is 5.32 Å². The minimum atomic E-state index is -4.36. The summed E-state index contributed by atoms with van der Waals surface area (Å²) in [5.41, 5.74) is -0.345. The van der Waals surface area contributed by atoms with Crippen LogP contribution in [0.3, 0.4) is 0 Å². The SMILES string of the molecule is CC(=O)NC1(C)CCN(Cc2cnc(-c3cccc(C(F)(F)F)c3)s2)CC1. The van der Waals surface area contributed by atoms with Gasteiger partial charge in [-0.25, -0.2) is 4.98 Å². The molecular formula is C19H22F3N3OS. The summed E-state index contributed by atoms with van der Waals surface area (Å²) < 4.78 is 38.7. The fourth-order valence-electron chi connectivity index (χ4n) is 3.32. The third kappa shape index (κ3) is 5.07. The highest BCUT2D eigenvalue weighted by atomic mass is 32.1. The van der Waals surface area contributed by atoms with Crippen LogP contribution in [0.2, 0.25) is 0 Å². The second-order valence-electron chi connectivity index (χ2n) is 7.23. The Bertz CT molecular complexity index is 811. The number of thiazole rings is 1. The van der Waals surface area contributed by atoms with E-state index in [2.05, 4.69) is 22.1 Å². The lowest BCUT2D eigenvalue weighted by atomic mass is 9.89. The van der Waals surface area contributed by atoms with E-state index in [4.69, 9.17) is 0 Å². The maximum atomic E-state index is 12.9. The summed E-state index contributed by atoms with van der Waals surface area (Å²) in [6, 6.07) is 5.27. The fraction of sp³-hybridized carbons (Fsp3) is 0.474. The van der Waals surface area contributed by atoms with Crippen LogP contribution in [0.1, 0.15) is 37.1 Å². The van der Waals surface area contributed by atoms with Gasteiger partial charge in [-0.1, -0.05) is 12.1 Å². The number of nitrogens with zero attached hydrogens (tertiary/aromatic N) is 2. The quantitative estimate of drug-likeness (QED) is 0.836. The molecule has 1 N–H and O–H groups in total. The van der Waals surface area contributed by atoms with E-state index in [1.807, 2.05) is 0 Å². The van der Waals surface area contributed by atoms with Crippen LogP contribution in [0.5, 0.6) is 0 Å². The number of alkyl halides is 3. The molecule has 2 heterocycles. The summed E-state index contributed by atoms with van der Waals surface area (Å²) in [7, 11) is 0. The molecule has 1 aliphatic heterocycles. The van der Waals surface area contributed by atoms with Crippen molar-refractivity contribution in [3.63, 3.8) is 0 Å². The van der Waals surface area contributed by atoms with Crippen molar-refractivity contribution in [1.82, 2.24) is 15.2 Å². The molecule has 0 bridgehead atoms. The number of benzene rings is 1. The Morgan fingerprint density at radius 1 is 1.33 bits per heavy atom. The van der Waals surface area contributed by atoms with Crippen LogP contribution >= 0.6 is 11.3 Å². The van der Waals surface area contributed by atoms with Crippen molar-refractivity contribution in [2.24, 2.45) is 0 Å². The zero-order valence-electron chi connectivity index (χ0n) is 15.3. The number of nitrogens with one attached hydrogen (secondary N) is 1. The largest absolute Gasteiger partial charge is 0.416 e. The molecule has 0 radical (unpaired) electrons. The Hall–Kier alpha value is -1.93. The highest BCUT2D eigenvalue weighted by molar-refractivity contribution is 7.15. The number of likely N-dealkylation sites (tertiary alicyclic amines) is 1. The first-order valence-electron chi connectivity index (χ1n) is 8.78. The van der Waals surface area contributed by atoms with Crippen molar-refractivity contribution in [1.29, 1.82) is 0 Å². The van der Waals surface area contributed by atoms with Crippen molar-refractivity contribution in [3.8, 4) is 10.6 Å². The van der Waals surface area contributed by atoms with E-state index in [1.165, 1.54) is 24.3 Å². The summed E-state index contributed by atoms with van der Waals surface area (Å²) in [5, 5.41) is 3.61.